The van der Waals surface area contributed by atoms with E-state index < -0.39 is 0 Å². The van der Waals surface area contributed by atoms with E-state index in [1.165, 1.54) is 0 Å². The Morgan fingerprint density at radius 3 is 1.90 bits per heavy atom. The molecule has 0 aromatic carbocycles. The van der Waals surface area contributed by atoms with Gasteiger partial charge in [0, 0.05) is 17.1 Å². The number of hydrogen-bond acceptors (Lipinski definition) is 1. The highest BCUT2D eigenvalue weighted by Crippen LogP contribution is 2.22. The van der Waals surface area contributed by atoms with Crippen LogP contribution < -0.4 is 0 Å². The van der Waals surface area contributed by atoms with Crippen molar-refractivity contribution in [3.63, 3.8) is 0 Å². The van der Waals surface area contributed by atoms with E-state index in [-0.39, 0.29) is 0 Å². The Bertz CT molecular complexity index is 508. The predicted octanol–water partition coefficient (Wildman–Crippen LogP) is 6.06. The van der Waals surface area contributed by atoms with Crippen molar-refractivity contribution in [2.24, 2.45) is 0 Å². The zero-order valence-electron chi connectivity index (χ0n) is 13.7. The molecule has 0 spiro atoms. The molecule has 0 atom stereocenters. The lowest BCUT2D eigenvalue weighted by Gasteiger charge is -2.27. The smallest absolute Gasteiger partial charge is 0.0454 e. The monoisotopic (exact) mass is 281 g/mol. The van der Waals surface area contributed by atoms with Crippen molar-refractivity contribution < 1.29 is 0 Å². The second kappa shape index (κ2) is 11.5. The topological polar surface area (TPSA) is 3.24 Å². The van der Waals surface area contributed by atoms with Crippen LogP contribution in [0.2, 0.25) is 0 Å². The Labute approximate surface area is 130 Å². The van der Waals surface area contributed by atoms with Crippen LogP contribution in [0.5, 0.6) is 0 Å². The minimum absolute atomic E-state index is 1.01. The second-order valence-corrected chi connectivity index (χ2v) is 4.32. The molecule has 0 saturated heterocycles. The zero-order valence-corrected chi connectivity index (χ0v) is 13.7. The van der Waals surface area contributed by atoms with E-state index in [2.05, 4.69) is 37.1 Å². The van der Waals surface area contributed by atoms with Gasteiger partial charge in [-0.3, -0.25) is 0 Å². The molecule has 1 nitrogen and oxygen atoms in total. The van der Waals surface area contributed by atoms with Crippen LogP contribution in [0.3, 0.4) is 0 Å². The van der Waals surface area contributed by atoms with Crippen LogP contribution in [-0.2, 0) is 0 Å². The summed E-state index contributed by atoms with van der Waals surface area (Å²) >= 11 is 0. The molecular formula is C20H27N. The van der Waals surface area contributed by atoms with E-state index in [9.17, 15) is 0 Å². The highest BCUT2D eigenvalue weighted by Gasteiger charge is 2.11. The fourth-order valence-electron chi connectivity index (χ4n) is 1.79. The van der Waals surface area contributed by atoms with Crippen LogP contribution in [0.15, 0.2) is 97.1 Å². The first-order valence-corrected chi connectivity index (χ1v) is 7.16. The lowest BCUT2D eigenvalue weighted by atomic mass is 10.2. The van der Waals surface area contributed by atoms with Crippen LogP contribution in [-0.4, -0.2) is 4.90 Å². The van der Waals surface area contributed by atoms with Gasteiger partial charge in [0.15, 0.2) is 0 Å². The molecule has 0 aliphatic carbocycles. The summed E-state index contributed by atoms with van der Waals surface area (Å²) in [6.07, 6.45) is 21.9. The maximum atomic E-state index is 3.93. The molecule has 112 valence electrons. The van der Waals surface area contributed by atoms with Gasteiger partial charge in [-0.2, -0.15) is 0 Å². The van der Waals surface area contributed by atoms with Crippen molar-refractivity contribution in [3.8, 4) is 0 Å². The number of hydrogen-bond donors (Lipinski definition) is 0. The van der Waals surface area contributed by atoms with Gasteiger partial charge in [-0.15, -0.1) is 0 Å². The van der Waals surface area contributed by atoms with E-state index in [0.29, 0.717) is 0 Å². The summed E-state index contributed by atoms with van der Waals surface area (Å²) in [5.41, 5.74) is 3.16. The van der Waals surface area contributed by atoms with Crippen LogP contribution in [0.1, 0.15) is 27.7 Å². The number of nitrogens with zero attached hydrogens (tertiary/aromatic N) is 1. The lowest BCUT2D eigenvalue weighted by Crippen LogP contribution is -2.18. The van der Waals surface area contributed by atoms with Crippen molar-refractivity contribution in [1.82, 2.24) is 4.90 Å². The summed E-state index contributed by atoms with van der Waals surface area (Å²) in [6.45, 7) is 15.8. The Morgan fingerprint density at radius 2 is 1.43 bits per heavy atom. The van der Waals surface area contributed by atoms with Gasteiger partial charge >= 0.3 is 0 Å². The first-order valence-electron chi connectivity index (χ1n) is 7.16. The molecule has 0 aliphatic heterocycles. The molecule has 0 aromatic rings. The maximum absolute atomic E-state index is 3.93. The van der Waals surface area contributed by atoms with Crippen LogP contribution in [0, 0.1) is 0 Å². The molecule has 21 heavy (non-hydrogen) atoms. The standard InChI is InChI=1S/C20H27N/c1-7-12-16-18(6)21(19(11-5)17-13-8-2)20(14-9-3)15-10-4/h7-17H,3,5H2,1-2,4,6H3/b12-7-,13-8-,15-10-,18-16+,19-17+,20-14+. The first-order chi connectivity index (χ1) is 10.2. The van der Waals surface area contributed by atoms with Gasteiger partial charge in [-0.05, 0) is 58.1 Å². The number of allylic oxidation sites excluding steroid dienone is 12. The molecule has 0 N–H and O–H groups in total. The average Bonchev–Trinajstić information content (AvgIpc) is 2.49. The fraction of sp³-hybridized carbons (Fsp3) is 0.200. The van der Waals surface area contributed by atoms with Gasteiger partial charge in [0.25, 0.3) is 0 Å². The summed E-state index contributed by atoms with van der Waals surface area (Å²) in [5.74, 6) is 0. The van der Waals surface area contributed by atoms with Gasteiger partial charge in [-0.25, -0.2) is 0 Å². The van der Waals surface area contributed by atoms with Gasteiger partial charge in [0.1, 0.15) is 0 Å². The van der Waals surface area contributed by atoms with Crippen molar-refractivity contribution in [2.75, 3.05) is 0 Å². The SMILES string of the molecule is C=C/C=C(\C=C/C)N(/C(C)=C/C=C\C)/C(C=C)=C/C=C\C. The van der Waals surface area contributed by atoms with Gasteiger partial charge in [-0.1, -0.05) is 49.6 Å². The maximum Gasteiger partial charge on any atom is 0.0454 e. The molecule has 0 heterocycles. The average molecular weight is 281 g/mol. The molecule has 0 unspecified atom stereocenters. The Balaban J connectivity index is 6.03. The van der Waals surface area contributed by atoms with E-state index >= 15 is 0 Å². The molecular weight excluding hydrogens is 254 g/mol. The largest absolute Gasteiger partial charge is 0.315 e. The van der Waals surface area contributed by atoms with E-state index in [1.807, 2.05) is 69.4 Å². The Morgan fingerprint density at radius 1 is 0.810 bits per heavy atom. The van der Waals surface area contributed by atoms with E-state index in [4.69, 9.17) is 0 Å². The molecule has 0 saturated carbocycles. The van der Waals surface area contributed by atoms with Gasteiger partial charge < -0.3 is 4.90 Å². The predicted molar refractivity (Wildman–Crippen MR) is 96.6 cm³/mol. The van der Waals surface area contributed by atoms with Crippen molar-refractivity contribution in [1.29, 1.82) is 0 Å². The molecule has 0 aliphatic rings. The molecule has 1 heteroatoms. The van der Waals surface area contributed by atoms with Crippen molar-refractivity contribution >= 4 is 0 Å². The zero-order chi connectivity index (χ0) is 16.1. The Hall–Kier alpha value is -2.28. The van der Waals surface area contributed by atoms with Crippen LogP contribution in [0.4, 0.5) is 0 Å². The molecule has 0 amide bonds. The molecule has 0 radical (unpaired) electrons. The normalized spacial score (nSPS) is 14.4. The van der Waals surface area contributed by atoms with Crippen LogP contribution >= 0.6 is 0 Å². The lowest BCUT2D eigenvalue weighted by molar-refractivity contribution is 0.561. The number of rotatable bonds is 8. The summed E-state index contributed by atoms with van der Waals surface area (Å²) in [5, 5.41) is 0. The third-order valence-corrected chi connectivity index (χ3v) is 2.69. The van der Waals surface area contributed by atoms with Crippen molar-refractivity contribution in [2.45, 2.75) is 27.7 Å². The summed E-state index contributed by atoms with van der Waals surface area (Å²) in [4.78, 5) is 2.15. The fourth-order valence-corrected chi connectivity index (χ4v) is 1.79. The summed E-state index contributed by atoms with van der Waals surface area (Å²) in [7, 11) is 0. The Kier molecular flexibility index (Phi) is 10.3. The molecule has 0 aromatic heterocycles. The quantitative estimate of drug-likeness (QED) is 0.489. The van der Waals surface area contributed by atoms with Gasteiger partial charge in [0.2, 0.25) is 0 Å². The molecule has 0 fully saturated rings. The molecule has 0 bridgehead atoms. The molecule has 0 rings (SSSR count). The van der Waals surface area contributed by atoms with E-state index in [0.717, 1.165) is 17.1 Å². The third kappa shape index (κ3) is 6.62. The highest BCUT2D eigenvalue weighted by molar-refractivity contribution is 5.37. The van der Waals surface area contributed by atoms with Crippen LogP contribution in [0.25, 0.3) is 0 Å². The third-order valence-electron chi connectivity index (χ3n) is 2.69. The minimum Gasteiger partial charge on any atom is -0.315 e. The first kappa shape index (κ1) is 18.7. The second-order valence-electron chi connectivity index (χ2n) is 4.32. The minimum atomic E-state index is 1.01. The summed E-state index contributed by atoms with van der Waals surface area (Å²) < 4.78 is 0. The van der Waals surface area contributed by atoms with Crippen molar-refractivity contribution in [3.05, 3.63) is 97.1 Å². The van der Waals surface area contributed by atoms with E-state index in [1.54, 1.807) is 6.08 Å². The summed E-state index contributed by atoms with van der Waals surface area (Å²) in [6, 6.07) is 0. The van der Waals surface area contributed by atoms with Gasteiger partial charge in [0.05, 0.1) is 0 Å². The highest BCUT2D eigenvalue weighted by atomic mass is 15.2.